The van der Waals surface area contributed by atoms with Crippen LogP contribution in [0.5, 0.6) is 0 Å². The summed E-state index contributed by atoms with van der Waals surface area (Å²) in [6, 6.07) is 54.8. The van der Waals surface area contributed by atoms with E-state index in [2.05, 4.69) is 159 Å². The summed E-state index contributed by atoms with van der Waals surface area (Å²) in [5.74, 6) is 0. The van der Waals surface area contributed by atoms with Crippen molar-refractivity contribution in [2.45, 2.75) is 39.5 Å². The van der Waals surface area contributed by atoms with E-state index in [-0.39, 0.29) is 0 Å². The summed E-state index contributed by atoms with van der Waals surface area (Å²) >= 11 is 0. The molecular formula is C50H38. The highest BCUT2D eigenvalue weighted by Crippen LogP contribution is 2.45. The van der Waals surface area contributed by atoms with Crippen LogP contribution in [0.1, 0.15) is 58.4 Å². The normalized spacial score (nSPS) is 14.0. The molecule has 0 heterocycles. The summed E-state index contributed by atoms with van der Waals surface area (Å²) in [6.45, 7) is 4.69. The van der Waals surface area contributed by atoms with Gasteiger partial charge in [-0.2, -0.15) is 0 Å². The molecule has 0 saturated heterocycles. The van der Waals surface area contributed by atoms with Gasteiger partial charge in [0.15, 0.2) is 0 Å². The van der Waals surface area contributed by atoms with E-state index in [1.165, 1.54) is 110 Å². The van der Waals surface area contributed by atoms with Gasteiger partial charge in [0.05, 0.1) is 0 Å². The highest BCUT2D eigenvalue weighted by molar-refractivity contribution is 6.08. The van der Waals surface area contributed by atoms with Crippen molar-refractivity contribution in [1.82, 2.24) is 0 Å². The Balaban J connectivity index is 1.05. The quantitative estimate of drug-likeness (QED) is 0.165. The molecule has 0 bridgehead atoms. The molecule has 0 radical (unpaired) electrons. The second-order valence-electron chi connectivity index (χ2n) is 14.5. The van der Waals surface area contributed by atoms with Gasteiger partial charge in [-0.3, -0.25) is 0 Å². The van der Waals surface area contributed by atoms with E-state index in [1.54, 1.807) is 0 Å². The molecule has 0 aromatic heterocycles. The standard InChI is InChI=1S/C50H38/c1-31-25-41-19-7-15-33(49(41)47(31)43-21-9-17-39-27-35-11-3-5-13-37(35)29-45(39)43)23-24-34-16-8-20-42-26-32(2)48(50(34)42)44-22-10-18-40-28-36-12-4-6-14-38(36)30-46(40)44/h3-22,27-30H,23-26H2,1-2H3. The van der Waals surface area contributed by atoms with Gasteiger partial charge >= 0.3 is 0 Å². The molecule has 0 spiro atoms. The van der Waals surface area contributed by atoms with Crippen LogP contribution in [-0.4, -0.2) is 0 Å². The summed E-state index contributed by atoms with van der Waals surface area (Å²) in [5.41, 5.74) is 17.3. The van der Waals surface area contributed by atoms with E-state index in [0.29, 0.717) is 0 Å². The lowest BCUT2D eigenvalue weighted by Gasteiger charge is -2.18. The van der Waals surface area contributed by atoms with Gasteiger partial charge in [0, 0.05) is 0 Å². The Morgan fingerprint density at radius 1 is 0.380 bits per heavy atom. The summed E-state index contributed by atoms with van der Waals surface area (Å²) in [4.78, 5) is 0. The fourth-order valence-electron chi connectivity index (χ4n) is 9.20. The maximum Gasteiger partial charge on any atom is -0.00542 e. The maximum atomic E-state index is 2.40. The first-order valence-corrected chi connectivity index (χ1v) is 18.1. The number of hydrogen-bond donors (Lipinski definition) is 0. The molecule has 0 heteroatoms. The number of benzene rings is 8. The van der Waals surface area contributed by atoms with E-state index in [0.717, 1.165) is 25.7 Å². The average Bonchev–Trinajstić information content (AvgIpc) is 3.67. The van der Waals surface area contributed by atoms with Crippen molar-refractivity contribution in [3.8, 4) is 0 Å². The average molecular weight is 639 g/mol. The first-order valence-electron chi connectivity index (χ1n) is 18.1. The Morgan fingerprint density at radius 2 is 0.760 bits per heavy atom. The third-order valence-corrected chi connectivity index (χ3v) is 11.4. The minimum atomic E-state index is 1.01. The second-order valence-corrected chi connectivity index (χ2v) is 14.5. The van der Waals surface area contributed by atoms with Gasteiger partial charge in [0.1, 0.15) is 0 Å². The number of hydrogen-bond acceptors (Lipinski definition) is 0. The van der Waals surface area contributed by atoms with Crippen LogP contribution in [0, 0.1) is 0 Å². The Hall–Kier alpha value is -5.72. The van der Waals surface area contributed by atoms with Crippen LogP contribution in [0.2, 0.25) is 0 Å². The fraction of sp³-hybridized carbons (Fsp3) is 0.120. The molecular weight excluding hydrogens is 601 g/mol. The lowest BCUT2D eigenvalue weighted by molar-refractivity contribution is 0.948. The zero-order valence-corrected chi connectivity index (χ0v) is 28.7. The Labute approximate surface area is 294 Å². The summed E-state index contributed by atoms with van der Waals surface area (Å²) < 4.78 is 0. The van der Waals surface area contributed by atoms with Crippen molar-refractivity contribution in [2.24, 2.45) is 0 Å². The summed E-state index contributed by atoms with van der Waals surface area (Å²) in [6.07, 6.45) is 4.06. The Kier molecular flexibility index (Phi) is 6.68. The largest absolute Gasteiger partial charge is 0.0617 e. The molecule has 0 saturated carbocycles. The predicted molar refractivity (Wildman–Crippen MR) is 214 cm³/mol. The lowest BCUT2D eigenvalue weighted by Crippen LogP contribution is -2.02. The van der Waals surface area contributed by atoms with Crippen molar-refractivity contribution in [2.75, 3.05) is 0 Å². The van der Waals surface area contributed by atoms with Gasteiger partial charge < -0.3 is 0 Å². The van der Waals surface area contributed by atoms with Crippen molar-refractivity contribution >= 4 is 54.2 Å². The molecule has 0 unspecified atom stereocenters. The molecule has 0 amide bonds. The SMILES string of the molecule is CC1=C(c2cccc3cc4ccccc4cc23)c2c(CCc3cccc4c3C(c3cccc5cc6ccccc6cc35)=C(C)C4)cccc2C1. The van der Waals surface area contributed by atoms with Crippen LogP contribution >= 0.6 is 0 Å². The van der Waals surface area contributed by atoms with Gasteiger partial charge in [-0.15, -0.1) is 0 Å². The minimum Gasteiger partial charge on any atom is -0.0617 e. The summed E-state index contributed by atoms with van der Waals surface area (Å²) in [5, 5.41) is 10.5. The highest BCUT2D eigenvalue weighted by atomic mass is 14.3. The van der Waals surface area contributed by atoms with Gasteiger partial charge in [-0.25, -0.2) is 0 Å². The monoisotopic (exact) mass is 638 g/mol. The van der Waals surface area contributed by atoms with Crippen LogP contribution in [0.15, 0.2) is 157 Å². The third-order valence-electron chi connectivity index (χ3n) is 11.4. The van der Waals surface area contributed by atoms with E-state index in [4.69, 9.17) is 0 Å². The van der Waals surface area contributed by atoms with Crippen molar-refractivity contribution in [3.05, 3.63) is 201 Å². The molecule has 50 heavy (non-hydrogen) atoms. The molecule has 0 nitrogen and oxygen atoms in total. The molecule has 0 N–H and O–H groups in total. The van der Waals surface area contributed by atoms with E-state index >= 15 is 0 Å². The second kappa shape index (κ2) is 11.4. The van der Waals surface area contributed by atoms with Gasteiger partial charge in [0.2, 0.25) is 0 Å². The molecule has 0 fully saturated rings. The van der Waals surface area contributed by atoms with E-state index < -0.39 is 0 Å². The van der Waals surface area contributed by atoms with Crippen molar-refractivity contribution in [3.63, 3.8) is 0 Å². The van der Waals surface area contributed by atoms with E-state index in [1.807, 2.05) is 0 Å². The molecule has 8 aromatic rings. The number of fused-ring (bicyclic) bond motifs is 6. The zero-order valence-electron chi connectivity index (χ0n) is 28.7. The first kappa shape index (κ1) is 29.2. The van der Waals surface area contributed by atoms with Gasteiger partial charge in [0.25, 0.3) is 0 Å². The Morgan fingerprint density at radius 3 is 1.20 bits per heavy atom. The molecule has 8 aromatic carbocycles. The summed E-state index contributed by atoms with van der Waals surface area (Å²) in [7, 11) is 0. The highest BCUT2D eigenvalue weighted by Gasteiger charge is 2.27. The number of aryl methyl sites for hydroxylation is 2. The topological polar surface area (TPSA) is 0 Å². The van der Waals surface area contributed by atoms with Gasteiger partial charge in [-0.05, 0) is 163 Å². The first-order chi connectivity index (χ1) is 24.6. The van der Waals surface area contributed by atoms with Crippen LogP contribution < -0.4 is 0 Å². The lowest BCUT2D eigenvalue weighted by atomic mass is 9.86. The number of allylic oxidation sites excluding steroid dienone is 2. The van der Waals surface area contributed by atoms with Crippen LogP contribution in [0.3, 0.4) is 0 Å². The molecule has 2 aliphatic rings. The van der Waals surface area contributed by atoms with Crippen LogP contribution in [0.4, 0.5) is 0 Å². The molecule has 0 atom stereocenters. The molecule has 2 aliphatic carbocycles. The van der Waals surface area contributed by atoms with E-state index in [9.17, 15) is 0 Å². The molecule has 10 rings (SSSR count). The Bertz CT molecular complexity index is 2580. The third kappa shape index (κ3) is 4.59. The molecule has 238 valence electrons. The number of rotatable bonds is 5. The fourth-order valence-corrected chi connectivity index (χ4v) is 9.20. The van der Waals surface area contributed by atoms with Crippen LogP contribution in [-0.2, 0) is 25.7 Å². The zero-order chi connectivity index (χ0) is 33.3. The molecule has 0 aliphatic heterocycles. The maximum absolute atomic E-state index is 2.40. The van der Waals surface area contributed by atoms with Gasteiger partial charge in [-0.1, -0.05) is 132 Å². The van der Waals surface area contributed by atoms with Crippen molar-refractivity contribution in [1.29, 1.82) is 0 Å². The predicted octanol–water partition coefficient (Wildman–Crippen LogP) is 12.8. The smallest absolute Gasteiger partial charge is 0.00542 e. The minimum absolute atomic E-state index is 1.01. The van der Waals surface area contributed by atoms with Crippen LogP contribution in [0.25, 0.3) is 54.2 Å². The van der Waals surface area contributed by atoms with Crippen molar-refractivity contribution < 1.29 is 0 Å².